The summed E-state index contributed by atoms with van der Waals surface area (Å²) in [6, 6.07) is 0. The Hall–Kier alpha value is -0.280. The van der Waals surface area contributed by atoms with E-state index in [0.717, 1.165) is 23.7 Å². The number of halogens is 1. The number of alkyl halides is 1. The lowest BCUT2D eigenvalue weighted by atomic mass is 10.1. The van der Waals surface area contributed by atoms with Crippen molar-refractivity contribution in [2.24, 2.45) is 0 Å². The minimum absolute atomic E-state index is 0.345. The Kier molecular flexibility index (Phi) is 2.74. The Balaban J connectivity index is 2.08. The van der Waals surface area contributed by atoms with Gasteiger partial charge in [-0.05, 0) is 19.3 Å². The fourth-order valence-electron chi connectivity index (χ4n) is 1.75. The van der Waals surface area contributed by atoms with Crippen LogP contribution in [0.4, 0.5) is 0 Å². The molecule has 0 aromatic carbocycles. The van der Waals surface area contributed by atoms with Crippen molar-refractivity contribution in [1.29, 1.82) is 0 Å². The summed E-state index contributed by atoms with van der Waals surface area (Å²) in [6.45, 7) is 0. The average molecular weight is 218 g/mol. The van der Waals surface area contributed by atoms with Crippen LogP contribution < -0.4 is 4.74 Å². The Morgan fingerprint density at radius 1 is 1.62 bits per heavy atom. The van der Waals surface area contributed by atoms with Gasteiger partial charge in [0, 0.05) is 16.7 Å². The van der Waals surface area contributed by atoms with Crippen LogP contribution >= 0.6 is 22.9 Å². The van der Waals surface area contributed by atoms with Gasteiger partial charge in [-0.3, -0.25) is 0 Å². The molecule has 1 heterocycles. The van der Waals surface area contributed by atoms with E-state index < -0.39 is 0 Å². The van der Waals surface area contributed by atoms with Crippen LogP contribution in [0.25, 0.3) is 0 Å². The third kappa shape index (κ3) is 1.97. The van der Waals surface area contributed by atoms with E-state index in [1.807, 2.05) is 0 Å². The van der Waals surface area contributed by atoms with Crippen molar-refractivity contribution in [3.63, 3.8) is 0 Å². The van der Waals surface area contributed by atoms with Crippen molar-refractivity contribution in [2.45, 2.75) is 30.6 Å². The molecule has 2 atom stereocenters. The molecule has 1 aliphatic rings. The van der Waals surface area contributed by atoms with Gasteiger partial charge in [-0.25, -0.2) is 4.98 Å². The molecule has 0 N–H and O–H groups in total. The summed E-state index contributed by atoms with van der Waals surface area (Å²) < 4.78 is 5.06. The molecule has 1 aliphatic carbocycles. The quantitative estimate of drug-likeness (QED) is 0.711. The first kappa shape index (κ1) is 9.28. The summed E-state index contributed by atoms with van der Waals surface area (Å²) in [5, 5.41) is 3.18. The van der Waals surface area contributed by atoms with Crippen molar-refractivity contribution in [3.05, 3.63) is 11.1 Å². The fourth-order valence-corrected chi connectivity index (χ4v) is 2.81. The Morgan fingerprint density at radius 3 is 3.00 bits per heavy atom. The first-order valence-corrected chi connectivity index (χ1v) is 5.74. The van der Waals surface area contributed by atoms with E-state index in [1.165, 1.54) is 6.42 Å². The van der Waals surface area contributed by atoms with Crippen LogP contribution in [0.3, 0.4) is 0 Å². The molecule has 0 aliphatic heterocycles. The van der Waals surface area contributed by atoms with Crippen LogP contribution in [-0.2, 0) is 0 Å². The maximum atomic E-state index is 6.04. The highest BCUT2D eigenvalue weighted by Gasteiger charge is 2.26. The monoisotopic (exact) mass is 217 g/mol. The Morgan fingerprint density at radius 2 is 2.46 bits per heavy atom. The van der Waals surface area contributed by atoms with Gasteiger partial charge in [0.05, 0.1) is 12.8 Å². The first-order valence-electron chi connectivity index (χ1n) is 4.43. The van der Waals surface area contributed by atoms with E-state index in [4.69, 9.17) is 16.3 Å². The summed E-state index contributed by atoms with van der Waals surface area (Å²) in [5.41, 5.74) is 1.16. The van der Waals surface area contributed by atoms with Gasteiger partial charge >= 0.3 is 0 Å². The molecule has 2 rings (SSSR count). The summed E-state index contributed by atoms with van der Waals surface area (Å²) in [5.74, 6) is 0.558. The van der Waals surface area contributed by atoms with E-state index in [0.29, 0.717) is 11.3 Å². The summed E-state index contributed by atoms with van der Waals surface area (Å²) in [6.07, 6.45) is 3.35. The number of thiazole rings is 1. The number of ether oxygens (including phenoxy) is 1. The largest absolute Gasteiger partial charge is 0.473 e. The van der Waals surface area contributed by atoms with Crippen LogP contribution in [0, 0.1) is 0 Å². The third-order valence-electron chi connectivity index (χ3n) is 2.46. The van der Waals surface area contributed by atoms with Crippen LogP contribution in [0.5, 0.6) is 5.19 Å². The molecule has 13 heavy (non-hydrogen) atoms. The molecule has 0 radical (unpaired) electrons. The van der Waals surface area contributed by atoms with Gasteiger partial charge in [-0.2, -0.15) is 0 Å². The smallest absolute Gasteiger partial charge is 0.273 e. The predicted molar refractivity (Wildman–Crippen MR) is 54.9 cm³/mol. The molecule has 72 valence electrons. The van der Waals surface area contributed by atoms with Crippen molar-refractivity contribution >= 4 is 22.9 Å². The summed E-state index contributed by atoms with van der Waals surface area (Å²) >= 11 is 7.60. The van der Waals surface area contributed by atoms with Crippen LogP contribution in [0.1, 0.15) is 30.9 Å². The average Bonchev–Trinajstić information content (AvgIpc) is 2.71. The molecular weight excluding hydrogens is 206 g/mol. The van der Waals surface area contributed by atoms with Crippen molar-refractivity contribution in [1.82, 2.24) is 4.98 Å². The van der Waals surface area contributed by atoms with Gasteiger partial charge in [0.1, 0.15) is 0 Å². The van der Waals surface area contributed by atoms with E-state index in [1.54, 1.807) is 18.4 Å². The van der Waals surface area contributed by atoms with Crippen LogP contribution in [-0.4, -0.2) is 17.5 Å². The SMILES string of the molecule is COc1nc(C2CCC(Cl)C2)cs1. The molecule has 1 saturated carbocycles. The zero-order valence-electron chi connectivity index (χ0n) is 7.50. The zero-order valence-corrected chi connectivity index (χ0v) is 9.07. The molecule has 0 spiro atoms. The van der Waals surface area contributed by atoms with Gasteiger partial charge in [0.2, 0.25) is 0 Å². The normalized spacial score (nSPS) is 27.8. The summed E-state index contributed by atoms with van der Waals surface area (Å²) in [4.78, 5) is 4.38. The highest BCUT2D eigenvalue weighted by Crippen LogP contribution is 2.38. The number of aromatic nitrogens is 1. The molecule has 1 aromatic heterocycles. The van der Waals surface area contributed by atoms with Gasteiger partial charge in [0.15, 0.2) is 0 Å². The molecular formula is C9H12ClNOS. The van der Waals surface area contributed by atoms with Crippen LogP contribution in [0.2, 0.25) is 0 Å². The molecule has 0 bridgehead atoms. The lowest BCUT2D eigenvalue weighted by Crippen LogP contribution is -1.94. The van der Waals surface area contributed by atoms with E-state index >= 15 is 0 Å². The molecule has 0 amide bonds. The minimum Gasteiger partial charge on any atom is -0.473 e. The topological polar surface area (TPSA) is 22.1 Å². The lowest BCUT2D eigenvalue weighted by Gasteiger charge is -2.03. The van der Waals surface area contributed by atoms with Gasteiger partial charge in [-0.1, -0.05) is 11.3 Å². The van der Waals surface area contributed by atoms with Crippen LogP contribution in [0.15, 0.2) is 5.38 Å². The Bertz CT molecular complexity index is 289. The van der Waals surface area contributed by atoms with Crippen molar-refractivity contribution in [3.8, 4) is 5.19 Å². The molecule has 1 aromatic rings. The second-order valence-corrected chi connectivity index (χ2v) is 4.79. The summed E-state index contributed by atoms with van der Waals surface area (Å²) in [7, 11) is 1.65. The minimum atomic E-state index is 0.345. The van der Waals surface area contributed by atoms with Gasteiger partial charge < -0.3 is 4.74 Å². The maximum Gasteiger partial charge on any atom is 0.273 e. The number of methoxy groups -OCH3 is 1. The first-order chi connectivity index (χ1) is 6.29. The van der Waals surface area contributed by atoms with Crippen molar-refractivity contribution < 1.29 is 4.74 Å². The molecule has 2 nitrogen and oxygen atoms in total. The maximum absolute atomic E-state index is 6.04. The highest BCUT2D eigenvalue weighted by molar-refractivity contribution is 7.11. The second kappa shape index (κ2) is 3.84. The van der Waals surface area contributed by atoms with E-state index in [9.17, 15) is 0 Å². The lowest BCUT2D eigenvalue weighted by molar-refractivity contribution is 0.409. The standard InChI is InChI=1S/C9H12ClNOS/c1-12-9-11-8(5-13-9)6-2-3-7(10)4-6/h5-7H,2-4H2,1H3. The molecule has 4 heteroatoms. The fraction of sp³-hybridized carbons (Fsp3) is 0.667. The highest BCUT2D eigenvalue weighted by atomic mass is 35.5. The third-order valence-corrected chi connectivity index (χ3v) is 3.68. The Labute approximate surface area is 86.9 Å². The number of hydrogen-bond acceptors (Lipinski definition) is 3. The predicted octanol–water partition coefficient (Wildman–Crippen LogP) is 3.03. The molecule has 0 saturated heterocycles. The second-order valence-electron chi connectivity index (χ2n) is 3.35. The zero-order chi connectivity index (χ0) is 9.26. The van der Waals surface area contributed by atoms with E-state index in [-0.39, 0.29) is 0 Å². The van der Waals surface area contributed by atoms with E-state index in [2.05, 4.69) is 10.4 Å². The number of rotatable bonds is 2. The molecule has 2 unspecified atom stereocenters. The van der Waals surface area contributed by atoms with Gasteiger partial charge in [0.25, 0.3) is 5.19 Å². The molecule has 1 fully saturated rings. The number of hydrogen-bond donors (Lipinski definition) is 0. The number of nitrogens with zero attached hydrogens (tertiary/aromatic N) is 1. The van der Waals surface area contributed by atoms with Gasteiger partial charge in [-0.15, -0.1) is 11.6 Å². The van der Waals surface area contributed by atoms with Crippen molar-refractivity contribution in [2.75, 3.05) is 7.11 Å².